The first-order valence-corrected chi connectivity index (χ1v) is 8.41. The Labute approximate surface area is 155 Å². The van der Waals surface area contributed by atoms with Crippen molar-refractivity contribution in [3.05, 3.63) is 54.1 Å². The van der Waals surface area contributed by atoms with E-state index in [4.69, 9.17) is 10.5 Å². The Bertz CT molecular complexity index is 693. The van der Waals surface area contributed by atoms with Crippen LogP contribution in [0, 0.1) is 0 Å². The molecule has 0 aromatic heterocycles. The Morgan fingerprint density at radius 3 is 2.08 bits per heavy atom. The number of amides is 1. The van der Waals surface area contributed by atoms with Crippen LogP contribution in [0.2, 0.25) is 0 Å². The van der Waals surface area contributed by atoms with Gasteiger partial charge >= 0.3 is 0 Å². The summed E-state index contributed by atoms with van der Waals surface area (Å²) in [5, 5.41) is 2.98. The number of benzene rings is 2. The van der Waals surface area contributed by atoms with Gasteiger partial charge in [-0.1, -0.05) is 49.2 Å². The van der Waals surface area contributed by atoms with Crippen molar-refractivity contribution in [2.75, 3.05) is 7.11 Å². The molecule has 0 atom stereocenters. The molecule has 3 rings (SSSR count). The van der Waals surface area contributed by atoms with Gasteiger partial charge in [0.15, 0.2) is 0 Å². The Kier molecular flexibility index (Phi) is 6.45. The minimum Gasteiger partial charge on any atom is -0.497 e. The van der Waals surface area contributed by atoms with Crippen LogP contribution in [0.5, 0.6) is 5.75 Å². The molecule has 0 spiro atoms. The van der Waals surface area contributed by atoms with Crippen molar-refractivity contribution in [2.45, 2.75) is 37.8 Å². The van der Waals surface area contributed by atoms with E-state index < -0.39 is 5.54 Å². The summed E-state index contributed by atoms with van der Waals surface area (Å²) in [5.41, 5.74) is 8.85. The molecule has 0 radical (unpaired) electrons. The number of hydrogen-bond acceptors (Lipinski definition) is 3. The molecule has 0 aliphatic heterocycles. The standard InChI is InChI=1S/C20H24N2O2.ClH/c1-24-18-10-8-17(9-11-18)16-6-4-15(5-7-16)14-22-19(23)20(21)12-2-3-13-20;/h4-11H,2-3,12-14,21H2,1H3,(H,22,23);1H. The van der Waals surface area contributed by atoms with Gasteiger partial charge in [-0.15, -0.1) is 12.4 Å². The van der Waals surface area contributed by atoms with Crippen LogP contribution in [0.1, 0.15) is 31.2 Å². The Hall–Kier alpha value is -2.04. The smallest absolute Gasteiger partial charge is 0.240 e. The Morgan fingerprint density at radius 2 is 1.56 bits per heavy atom. The van der Waals surface area contributed by atoms with Crippen LogP contribution < -0.4 is 15.8 Å². The lowest BCUT2D eigenvalue weighted by molar-refractivity contribution is -0.126. The molecule has 1 saturated carbocycles. The lowest BCUT2D eigenvalue weighted by atomic mass is 9.98. The van der Waals surface area contributed by atoms with E-state index in [1.165, 1.54) is 0 Å². The molecule has 2 aromatic carbocycles. The molecule has 1 aliphatic rings. The minimum absolute atomic E-state index is 0. The molecule has 1 aliphatic carbocycles. The van der Waals surface area contributed by atoms with Gasteiger partial charge in [0.2, 0.25) is 5.91 Å². The van der Waals surface area contributed by atoms with Crippen molar-refractivity contribution in [1.82, 2.24) is 5.32 Å². The third-order valence-electron chi connectivity index (χ3n) is 4.78. The maximum Gasteiger partial charge on any atom is 0.240 e. The fraction of sp³-hybridized carbons (Fsp3) is 0.350. The molecule has 4 nitrogen and oxygen atoms in total. The summed E-state index contributed by atoms with van der Waals surface area (Å²) >= 11 is 0. The van der Waals surface area contributed by atoms with E-state index >= 15 is 0 Å². The molecule has 0 saturated heterocycles. The predicted molar refractivity (Wildman–Crippen MR) is 103 cm³/mol. The number of carbonyl (C=O) groups is 1. The van der Waals surface area contributed by atoms with Gasteiger partial charge in [-0.25, -0.2) is 0 Å². The summed E-state index contributed by atoms with van der Waals surface area (Å²) in [4.78, 5) is 12.2. The monoisotopic (exact) mass is 360 g/mol. The zero-order valence-corrected chi connectivity index (χ0v) is 15.3. The van der Waals surface area contributed by atoms with Crippen molar-refractivity contribution in [3.8, 4) is 16.9 Å². The molecule has 1 fully saturated rings. The van der Waals surface area contributed by atoms with Gasteiger partial charge in [0.05, 0.1) is 12.6 Å². The molecule has 2 aromatic rings. The van der Waals surface area contributed by atoms with E-state index in [9.17, 15) is 4.79 Å². The van der Waals surface area contributed by atoms with Gasteiger partial charge in [0.1, 0.15) is 5.75 Å². The first-order chi connectivity index (χ1) is 11.6. The van der Waals surface area contributed by atoms with Crippen molar-refractivity contribution < 1.29 is 9.53 Å². The Balaban J connectivity index is 0.00000225. The van der Waals surface area contributed by atoms with Gasteiger partial charge in [-0.05, 0) is 41.7 Å². The van der Waals surface area contributed by atoms with Crippen LogP contribution in [0.15, 0.2) is 48.5 Å². The van der Waals surface area contributed by atoms with Crippen LogP contribution in [-0.4, -0.2) is 18.6 Å². The number of methoxy groups -OCH3 is 1. The number of nitrogens with one attached hydrogen (secondary N) is 1. The number of ether oxygens (including phenoxy) is 1. The minimum atomic E-state index is -0.664. The van der Waals surface area contributed by atoms with Gasteiger partial charge in [0, 0.05) is 6.54 Å². The molecule has 0 bridgehead atoms. The van der Waals surface area contributed by atoms with Crippen molar-refractivity contribution >= 4 is 18.3 Å². The largest absolute Gasteiger partial charge is 0.497 e. The average Bonchev–Trinajstić information content (AvgIpc) is 3.08. The predicted octanol–water partition coefficient (Wildman–Crippen LogP) is 3.67. The molecule has 0 heterocycles. The van der Waals surface area contributed by atoms with Crippen LogP contribution in [0.4, 0.5) is 0 Å². The molecular formula is C20H25ClN2O2. The molecule has 134 valence electrons. The zero-order valence-electron chi connectivity index (χ0n) is 14.5. The average molecular weight is 361 g/mol. The fourth-order valence-corrected chi connectivity index (χ4v) is 3.19. The highest BCUT2D eigenvalue weighted by Gasteiger charge is 2.36. The first-order valence-electron chi connectivity index (χ1n) is 8.41. The van der Waals surface area contributed by atoms with Crippen molar-refractivity contribution in [1.29, 1.82) is 0 Å². The quantitative estimate of drug-likeness (QED) is 0.855. The summed E-state index contributed by atoms with van der Waals surface area (Å²) in [5.74, 6) is 0.819. The van der Waals surface area contributed by atoms with Crippen molar-refractivity contribution in [2.24, 2.45) is 5.73 Å². The SMILES string of the molecule is COc1ccc(-c2ccc(CNC(=O)C3(N)CCCC3)cc2)cc1.Cl. The highest BCUT2D eigenvalue weighted by molar-refractivity contribution is 5.86. The van der Waals surface area contributed by atoms with E-state index in [2.05, 4.69) is 17.4 Å². The van der Waals surface area contributed by atoms with E-state index in [-0.39, 0.29) is 18.3 Å². The van der Waals surface area contributed by atoms with Crippen LogP contribution >= 0.6 is 12.4 Å². The molecule has 3 N–H and O–H groups in total. The van der Waals surface area contributed by atoms with E-state index in [0.29, 0.717) is 6.54 Å². The highest BCUT2D eigenvalue weighted by Crippen LogP contribution is 2.27. The lowest BCUT2D eigenvalue weighted by Gasteiger charge is -2.22. The van der Waals surface area contributed by atoms with Gasteiger partial charge < -0.3 is 15.8 Å². The number of halogens is 1. The Morgan fingerprint density at radius 1 is 1.04 bits per heavy atom. The van der Waals surface area contributed by atoms with Crippen LogP contribution in [-0.2, 0) is 11.3 Å². The topological polar surface area (TPSA) is 64.3 Å². The summed E-state index contributed by atoms with van der Waals surface area (Å²) in [6, 6.07) is 16.2. The number of hydrogen-bond donors (Lipinski definition) is 2. The number of carbonyl (C=O) groups excluding carboxylic acids is 1. The van der Waals surface area contributed by atoms with Crippen LogP contribution in [0.3, 0.4) is 0 Å². The first kappa shape index (κ1) is 19.3. The second-order valence-electron chi connectivity index (χ2n) is 6.47. The third kappa shape index (κ3) is 4.53. The van der Waals surface area contributed by atoms with Crippen molar-refractivity contribution in [3.63, 3.8) is 0 Å². The van der Waals surface area contributed by atoms with Crippen LogP contribution in [0.25, 0.3) is 11.1 Å². The van der Waals surface area contributed by atoms with E-state index in [1.807, 2.05) is 36.4 Å². The highest BCUT2D eigenvalue weighted by atomic mass is 35.5. The van der Waals surface area contributed by atoms with Gasteiger partial charge in [0.25, 0.3) is 0 Å². The molecule has 25 heavy (non-hydrogen) atoms. The maximum absolute atomic E-state index is 12.2. The molecule has 1 amide bonds. The van der Waals surface area contributed by atoms with Gasteiger partial charge in [-0.2, -0.15) is 0 Å². The van der Waals surface area contributed by atoms with E-state index in [0.717, 1.165) is 48.1 Å². The maximum atomic E-state index is 12.2. The number of nitrogens with two attached hydrogens (primary N) is 1. The lowest BCUT2D eigenvalue weighted by Crippen LogP contribution is -2.51. The summed E-state index contributed by atoms with van der Waals surface area (Å²) < 4.78 is 5.18. The summed E-state index contributed by atoms with van der Waals surface area (Å²) in [7, 11) is 1.66. The van der Waals surface area contributed by atoms with Gasteiger partial charge in [-0.3, -0.25) is 4.79 Å². The number of rotatable bonds is 5. The second-order valence-corrected chi connectivity index (χ2v) is 6.47. The second kappa shape index (κ2) is 8.37. The molecular weight excluding hydrogens is 336 g/mol. The molecule has 5 heteroatoms. The fourth-order valence-electron chi connectivity index (χ4n) is 3.19. The summed E-state index contributed by atoms with van der Waals surface area (Å²) in [6.45, 7) is 0.515. The summed E-state index contributed by atoms with van der Waals surface area (Å²) in [6.07, 6.45) is 3.66. The molecule has 0 unspecified atom stereocenters. The van der Waals surface area contributed by atoms with E-state index in [1.54, 1.807) is 7.11 Å². The third-order valence-corrected chi connectivity index (χ3v) is 4.78. The zero-order chi connectivity index (χ0) is 17.0. The normalized spacial score (nSPS) is 15.3.